The Morgan fingerprint density at radius 2 is 2.30 bits per heavy atom. The van der Waals surface area contributed by atoms with Gasteiger partial charge >= 0.3 is 0 Å². The maximum atomic E-state index is 13.6. The maximum absolute atomic E-state index is 13.6. The molecular weight excluding hydrogens is 374 g/mol. The molecule has 0 N–H and O–H groups in total. The molecule has 2 aliphatic rings. The van der Waals surface area contributed by atoms with Crippen molar-refractivity contribution in [3.8, 4) is 17.0 Å². The number of nitrogens with zero attached hydrogens (tertiary/aromatic N) is 2. The quantitative estimate of drug-likeness (QED) is 0.770. The van der Waals surface area contributed by atoms with Crippen LogP contribution in [0.2, 0.25) is 0 Å². The summed E-state index contributed by atoms with van der Waals surface area (Å²) in [5.74, 6) is -0.0377. The molecule has 0 spiro atoms. The molecule has 2 fully saturated rings. The van der Waals surface area contributed by atoms with Crippen LogP contribution in [0.15, 0.2) is 23.6 Å². The first-order chi connectivity index (χ1) is 13.0. The topological polar surface area (TPSA) is 51.7 Å². The first kappa shape index (κ1) is 18.3. The predicted molar refractivity (Wildman–Crippen MR) is 96.7 cm³/mol. The highest BCUT2D eigenvalue weighted by molar-refractivity contribution is 7.10. The second-order valence-electron chi connectivity index (χ2n) is 7.14. The van der Waals surface area contributed by atoms with Crippen molar-refractivity contribution in [2.45, 2.75) is 25.9 Å². The second-order valence-corrected chi connectivity index (χ2v) is 8.03. The molecule has 5 nitrogen and oxygen atoms in total. The van der Waals surface area contributed by atoms with Crippen LogP contribution in [0.4, 0.5) is 8.78 Å². The van der Waals surface area contributed by atoms with Crippen LogP contribution >= 0.6 is 11.3 Å². The third-order valence-corrected chi connectivity index (χ3v) is 6.03. The van der Waals surface area contributed by atoms with E-state index in [2.05, 4.69) is 4.98 Å². The predicted octanol–water partition coefficient (Wildman–Crippen LogP) is 3.96. The fourth-order valence-corrected chi connectivity index (χ4v) is 4.07. The standard InChI is InChI=1S/C19H20F2N2O3S/c1-19(4-5-19)18(24)23-6-7-25-16(9-23)17-22-14(10-27-17)13-8-12(21)2-3-15(13)26-11-20/h2-3,8,10,16H,4-7,9,11H2,1H3. The fraction of sp³-hybridized carbons (Fsp3) is 0.474. The highest BCUT2D eigenvalue weighted by Gasteiger charge is 2.48. The number of carbonyl (C=O) groups excluding carboxylic acids is 1. The molecule has 1 unspecified atom stereocenters. The number of alkyl halides is 1. The van der Waals surface area contributed by atoms with Crippen molar-refractivity contribution in [3.63, 3.8) is 0 Å². The number of hydrogen-bond acceptors (Lipinski definition) is 5. The Morgan fingerprint density at radius 3 is 3.04 bits per heavy atom. The molecule has 1 saturated carbocycles. The highest BCUT2D eigenvalue weighted by Crippen LogP contribution is 2.47. The van der Waals surface area contributed by atoms with E-state index in [-0.39, 0.29) is 23.2 Å². The van der Waals surface area contributed by atoms with E-state index in [1.807, 2.05) is 11.8 Å². The van der Waals surface area contributed by atoms with E-state index in [0.717, 1.165) is 12.8 Å². The lowest BCUT2D eigenvalue weighted by Crippen LogP contribution is -2.45. The van der Waals surface area contributed by atoms with Crippen LogP contribution in [0.5, 0.6) is 5.75 Å². The molecule has 0 radical (unpaired) electrons. The van der Waals surface area contributed by atoms with E-state index >= 15 is 0 Å². The lowest BCUT2D eigenvalue weighted by molar-refractivity contribution is -0.144. The zero-order valence-electron chi connectivity index (χ0n) is 14.9. The van der Waals surface area contributed by atoms with Gasteiger partial charge in [0.15, 0.2) is 0 Å². The summed E-state index contributed by atoms with van der Waals surface area (Å²) >= 11 is 1.37. The molecule has 27 heavy (non-hydrogen) atoms. The van der Waals surface area contributed by atoms with Crippen molar-refractivity contribution < 1.29 is 23.0 Å². The van der Waals surface area contributed by atoms with Crippen LogP contribution in [0.25, 0.3) is 11.3 Å². The van der Waals surface area contributed by atoms with Crippen molar-refractivity contribution in [3.05, 3.63) is 34.4 Å². The number of benzene rings is 1. The van der Waals surface area contributed by atoms with Crippen LogP contribution in [-0.4, -0.2) is 42.3 Å². The molecule has 1 saturated heterocycles. The molecule has 144 valence electrons. The minimum atomic E-state index is -1.00. The second kappa shape index (κ2) is 7.16. The highest BCUT2D eigenvalue weighted by atomic mass is 32.1. The molecule has 1 amide bonds. The Hall–Kier alpha value is -2.06. The van der Waals surface area contributed by atoms with Gasteiger partial charge in [-0.1, -0.05) is 6.92 Å². The van der Waals surface area contributed by atoms with Crippen LogP contribution in [0.1, 0.15) is 30.9 Å². The Morgan fingerprint density at radius 1 is 1.48 bits per heavy atom. The van der Waals surface area contributed by atoms with E-state index in [1.165, 1.54) is 29.5 Å². The molecule has 4 rings (SSSR count). The Kier molecular flexibility index (Phi) is 4.86. The molecule has 1 aromatic carbocycles. The minimum absolute atomic E-state index is 0.177. The van der Waals surface area contributed by atoms with Gasteiger partial charge in [-0.2, -0.15) is 0 Å². The molecule has 1 aliphatic carbocycles. The summed E-state index contributed by atoms with van der Waals surface area (Å²) in [6.45, 7) is 2.49. The van der Waals surface area contributed by atoms with Gasteiger partial charge < -0.3 is 14.4 Å². The monoisotopic (exact) mass is 394 g/mol. The summed E-state index contributed by atoms with van der Waals surface area (Å²) in [6.07, 6.45) is 1.56. The average Bonchev–Trinajstić information content (AvgIpc) is 3.24. The van der Waals surface area contributed by atoms with Gasteiger partial charge in [-0.05, 0) is 31.0 Å². The molecule has 0 bridgehead atoms. The van der Waals surface area contributed by atoms with Gasteiger partial charge in [-0.3, -0.25) is 4.79 Å². The number of halogens is 2. The number of ether oxygens (including phenoxy) is 2. The summed E-state index contributed by atoms with van der Waals surface area (Å²) in [5.41, 5.74) is 0.680. The third-order valence-electron chi connectivity index (χ3n) is 5.09. The molecule has 1 atom stereocenters. The van der Waals surface area contributed by atoms with Gasteiger partial charge in [0.25, 0.3) is 0 Å². The number of amides is 1. The number of morpholine rings is 1. The Bertz CT molecular complexity index is 853. The molecule has 8 heteroatoms. The van der Waals surface area contributed by atoms with Gasteiger partial charge in [0.2, 0.25) is 12.8 Å². The normalized spacial score (nSPS) is 21.1. The zero-order valence-corrected chi connectivity index (χ0v) is 15.7. The van der Waals surface area contributed by atoms with E-state index in [1.54, 1.807) is 5.38 Å². The van der Waals surface area contributed by atoms with Crippen LogP contribution in [-0.2, 0) is 9.53 Å². The van der Waals surface area contributed by atoms with Crippen LogP contribution in [0.3, 0.4) is 0 Å². The van der Waals surface area contributed by atoms with Gasteiger partial charge in [-0.15, -0.1) is 11.3 Å². The average molecular weight is 394 g/mol. The van der Waals surface area contributed by atoms with Crippen molar-refractivity contribution in [1.82, 2.24) is 9.88 Å². The molecule has 1 aliphatic heterocycles. The molecule has 2 aromatic rings. The van der Waals surface area contributed by atoms with Gasteiger partial charge in [0.05, 0.1) is 18.8 Å². The number of rotatable bonds is 5. The van der Waals surface area contributed by atoms with Crippen molar-refractivity contribution >= 4 is 17.2 Å². The SMILES string of the molecule is CC1(C(=O)N2CCOC(c3nc(-c4cc(F)ccc4OCF)cs3)C2)CC1. The lowest BCUT2D eigenvalue weighted by atomic mass is 10.1. The number of hydrogen-bond donors (Lipinski definition) is 0. The number of thiazole rings is 1. The third kappa shape index (κ3) is 3.68. The van der Waals surface area contributed by atoms with Gasteiger partial charge in [-0.25, -0.2) is 13.8 Å². The van der Waals surface area contributed by atoms with Crippen molar-refractivity contribution in [1.29, 1.82) is 0 Å². The summed E-state index contributed by atoms with van der Waals surface area (Å²) < 4.78 is 37.0. The first-order valence-corrected chi connectivity index (χ1v) is 9.73. The summed E-state index contributed by atoms with van der Waals surface area (Å²) in [6, 6.07) is 3.88. The zero-order chi connectivity index (χ0) is 19.0. The van der Waals surface area contributed by atoms with E-state index in [4.69, 9.17) is 9.47 Å². The van der Waals surface area contributed by atoms with Crippen LogP contribution in [0, 0.1) is 11.2 Å². The van der Waals surface area contributed by atoms with E-state index in [0.29, 0.717) is 36.0 Å². The summed E-state index contributed by atoms with van der Waals surface area (Å²) in [4.78, 5) is 19.0. The van der Waals surface area contributed by atoms with Crippen LogP contribution < -0.4 is 4.74 Å². The Balaban J connectivity index is 1.54. The smallest absolute Gasteiger partial charge is 0.228 e. The molecular formula is C19H20F2N2O3S. The van der Waals surface area contributed by atoms with Gasteiger partial charge in [0.1, 0.15) is 22.7 Å². The van der Waals surface area contributed by atoms with Crippen molar-refractivity contribution in [2.24, 2.45) is 5.41 Å². The van der Waals surface area contributed by atoms with Crippen molar-refractivity contribution in [2.75, 3.05) is 26.6 Å². The first-order valence-electron chi connectivity index (χ1n) is 8.85. The summed E-state index contributed by atoms with van der Waals surface area (Å²) in [5, 5.41) is 2.47. The lowest BCUT2D eigenvalue weighted by Gasteiger charge is -2.33. The van der Waals surface area contributed by atoms with Gasteiger partial charge in [0, 0.05) is 22.9 Å². The number of aromatic nitrogens is 1. The van der Waals surface area contributed by atoms with E-state index < -0.39 is 12.7 Å². The maximum Gasteiger partial charge on any atom is 0.228 e. The Labute approximate surface area is 159 Å². The van der Waals surface area contributed by atoms with E-state index in [9.17, 15) is 13.6 Å². The largest absolute Gasteiger partial charge is 0.462 e. The number of carbonyl (C=O) groups is 1. The minimum Gasteiger partial charge on any atom is -0.462 e. The fourth-order valence-electron chi connectivity index (χ4n) is 3.21. The molecule has 2 heterocycles. The summed E-state index contributed by atoms with van der Waals surface area (Å²) in [7, 11) is 0. The molecule has 1 aromatic heterocycles.